The average molecular weight is 424 g/mol. The van der Waals surface area contributed by atoms with Crippen LogP contribution in [0.4, 0.5) is 11.5 Å². The van der Waals surface area contributed by atoms with E-state index in [1.54, 1.807) is 12.4 Å². The van der Waals surface area contributed by atoms with E-state index in [0.29, 0.717) is 13.2 Å². The van der Waals surface area contributed by atoms with Crippen molar-refractivity contribution < 1.29 is 4.74 Å². The number of ether oxygens (including phenoxy) is 1. The molecule has 0 unspecified atom stereocenters. The number of aryl methyl sites for hydroxylation is 1. The Hall–Kier alpha value is -3.93. The molecular weight excluding hydrogens is 398 g/mol. The molecule has 6 heteroatoms. The molecule has 160 valence electrons. The molecule has 0 fully saturated rings. The van der Waals surface area contributed by atoms with Crippen LogP contribution < -0.4 is 15.4 Å². The van der Waals surface area contributed by atoms with Crippen molar-refractivity contribution in [3.63, 3.8) is 0 Å². The van der Waals surface area contributed by atoms with Gasteiger partial charge in [-0.25, -0.2) is 4.98 Å². The van der Waals surface area contributed by atoms with Crippen molar-refractivity contribution in [2.75, 3.05) is 17.2 Å². The first-order chi connectivity index (χ1) is 15.8. The number of hydrogen-bond acceptors (Lipinski definition) is 6. The normalized spacial score (nSPS) is 12.5. The maximum absolute atomic E-state index is 5.98. The molecule has 0 spiro atoms. The molecule has 32 heavy (non-hydrogen) atoms. The molecule has 0 aliphatic carbocycles. The van der Waals surface area contributed by atoms with Gasteiger partial charge in [0.2, 0.25) is 0 Å². The molecule has 2 N–H and O–H groups in total. The summed E-state index contributed by atoms with van der Waals surface area (Å²) in [5, 5.41) is 6.85. The third-order valence-corrected chi connectivity index (χ3v) is 5.51. The van der Waals surface area contributed by atoms with Gasteiger partial charge in [-0.2, -0.15) is 0 Å². The molecule has 0 atom stereocenters. The Morgan fingerprint density at radius 3 is 2.69 bits per heavy atom. The van der Waals surface area contributed by atoms with Gasteiger partial charge in [0.1, 0.15) is 18.2 Å². The van der Waals surface area contributed by atoms with E-state index < -0.39 is 0 Å². The molecule has 1 aliphatic heterocycles. The van der Waals surface area contributed by atoms with E-state index in [0.717, 1.165) is 53.6 Å². The number of aromatic nitrogens is 3. The van der Waals surface area contributed by atoms with Crippen molar-refractivity contribution in [2.45, 2.75) is 26.0 Å². The Morgan fingerprint density at radius 1 is 0.938 bits per heavy atom. The van der Waals surface area contributed by atoms with Crippen molar-refractivity contribution in [3.05, 3.63) is 96.1 Å². The Kier molecular flexibility index (Phi) is 5.92. The molecule has 3 aromatic heterocycles. The highest BCUT2D eigenvalue weighted by atomic mass is 16.5. The third-order valence-electron chi connectivity index (χ3n) is 5.51. The van der Waals surface area contributed by atoms with Gasteiger partial charge in [0.05, 0.1) is 17.1 Å². The Morgan fingerprint density at radius 2 is 1.81 bits per heavy atom. The molecule has 0 saturated heterocycles. The minimum atomic E-state index is 0.441. The molecule has 0 radical (unpaired) electrons. The summed E-state index contributed by atoms with van der Waals surface area (Å²) in [6.07, 6.45) is 7.66. The van der Waals surface area contributed by atoms with E-state index >= 15 is 0 Å². The summed E-state index contributed by atoms with van der Waals surface area (Å²) in [4.78, 5) is 13.4. The summed E-state index contributed by atoms with van der Waals surface area (Å²) in [5.74, 6) is 1.80. The van der Waals surface area contributed by atoms with Crippen LogP contribution in [0.15, 0.2) is 79.3 Å². The lowest BCUT2D eigenvalue weighted by Gasteiger charge is -2.17. The molecule has 0 bridgehead atoms. The topological polar surface area (TPSA) is 72.0 Å². The quantitative estimate of drug-likeness (QED) is 0.432. The lowest BCUT2D eigenvalue weighted by Crippen LogP contribution is -2.14. The van der Waals surface area contributed by atoms with Crippen LogP contribution in [0.2, 0.25) is 0 Å². The van der Waals surface area contributed by atoms with Gasteiger partial charge >= 0.3 is 0 Å². The molecule has 0 amide bonds. The molecular formula is C26H25N5O. The molecule has 1 aromatic carbocycles. The number of rotatable bonds is 7. The Bertz CT molecular complexity index is 1180. The molecule has 4 heterocycles. The van der Waals surface area contributed by atoms with Crippen LogP contribution in [0, 0.1) is 0 Å². The van der Waals surface area contributed by atoms with Crippen LogP contribution in [-0.4, -0.2) is 21.5 Å². The maximum Gasteiger partial charge on any atom is 0.130 e. The lowest BCUT2D eigenvalue weighted by molar-refractivity contribution is 0.301. The van der Waals surface area contributed by atoms with Gasteiger partial charge in [0, 0.05) is 37.2 Å². The fourth-order valence-electron chi connectivity index (χ4n) is 3.79. The number of hydrogen-bond donors (Lipinski definition) is 2. The standard InChI is InChI=1S/C26H25N5O/c1-3-21-5-8-22(31-26(21)29-14-1)18-32-23-9-6-20(7-10-23)25-24(4-2-13-28-25)30-17-19-11-15-27-16-12-19/h2,4-13,15-16,30H,1,3,14,17-18H2,(H,29,31). The minimum Gasteiger partial charge on any atom is -0.487 e. The van der Waals surface area contributed by atoms with Crippen LogP contribution >= 0.6 is 0 Å². The van der Waals surface area contributed by atoms with Crippen molar-refractivity contribution >= 4 is 11.5 Å². The number of anilines is 2. The van der Waals surface area contributed by atoms with Gasteiger partial charge in [-0.3, -0.25) is 9.97 Å². The van der Waals surface area contributed by atoms with Crippen molar-refractivity contribution in [3.8, 4) is 17.0 Å². The van der Waals surface area contributed by atoms with Gasteiger partial charge in [-0.05, 0) is 78.6 Å². The zero-order valence-corrected chi connectivity index (χ0v) is 17.8. The van der Waals surface area contributed by atoms with E-state index in [2.05, 4.69) is 32.7 Å². The summed E-state index contributed by atoms with van der Waals surface area (Å²) in [6, 6.07) is 20.2. The lowest BCUT2D eigenvalue weighted by atomic mass is 10.1. The van der Waals surface area contributed by atoms with Gasteiger partial charge in [-0.1, -0.05) is 6.07 Å². The number of pyridine rings is 3. The molecule has 0 saturated carbocycles. The molecule has 5 rings (SSSR count). The second kappa shape index (κ2) is 9.47. The first-order valence-corrected chi connectivity index (χ1v) is 10.9. The zero-order valence-electron chi connectivity index (χ0n) is 17.8. The van der Waals surface area contributed by atoms with Crippen LogP contribution in [0.25, 0.3) is 11.3 Å². The molecule has 6 nitrogen and oxygen atoms in total. The summed E-state index contributed by atoms with van der Waals surface area (Å²) < 4.78 is 5.98. The summed E-state index contributed by atoms with van der Waals surface area (Å²) in [6.45, 7) is 2.14. The number of nitrogens with one attached hydrogen (secondary N) is 2. The number of benzene rings is 1. The minimum absolute atomic E-state index is 0.441. The highest BCUT2D eigenvalue weighted by molar-refractivity contribution is 5.74. The predicted molar refractivity (Wildman–Crippen MR) is 127 cm³/mol. The second-order valence-electron chi connectivity index (χ2n) is 7.76. The third kappa shape index (κ3) is 4.70. The van der Waals surface area contributed by atoms with Crippen LogP contribution in [0.1, 0.15) is 23.2 Å². The zero-order chi connectivity index (χ0) is 21.6. The molecule has 4 aromatic rings. The summed E-state index contributed by atoms with van der Waals surface area (Å²) in [7, 11) is 0. The first kappa shape index (κ1) is 20.0. The maximum atomic E-state index is 5.98. The largest absolute Gasteiger partial charge is 0.487 e. The van der Waals surface area contributed by atoms with Gasteiger partial charge in [-0.15, -0.1) is 0 Å². The smallest absolute Gasteiger partial charge is 0.130 e. The van der Waals surface area contributed by atoms with E-state index in [9.17, 15) is 0 Å². The first-order valence-electron chi connectivity index (χ1n) is 10.9. The van der Waals surface area contributed by atoms with Crippen molar-refractivity contribution in [1.82, 2.24) is 15.0 Å². The summed E-state index contributed by atoms with van der Waals surface area (Å²) in [5.41, 5.74) is 6.32. The van der Waals surface area contributed by atoms with E-state index in [4.69, 9.17) is 9.72 Å². The van der Waals surface area contributed by atoms with Gasteiger partial charge in [0.25, 0.3) is 0 Å². The highest BCUT2D eigenvalue weighted by Gasteiger charge is 2.11. The number of nitrogens with zero attached hydrogens (tertiary/aromatic N) is 3. The Labute approximate surface area is 187 Å². The van der Waals surface area contributed by atoms with Crippen LogP contribution in [-0.2, 0) is 19.6 Å². The average Bonchev–Trinajstić information content (AvgIpc) is 2.87. The monoisotopic (exact) mass is 423 g/mol. The van der Waals surface area contributed by atoms with Gasteiger partial charge < -0.3 is 15.4 Å². The summed E-state index contributed by atoms with van der Waals surface area (Å²) >= 11 is 0. The van der Waals surface area contributed by atoms with E-state index in [1.165, 1.54) is 11.1 Å². The fraction of sp³-hybridized carbons (Fsp3) is 0.192. The fourth-order valence-corrected chi connectivity index (χ4v) is 3.79. The second-order valence-corrected chi connectivity index (χ2v) is 7.76. The van der Waals surface area contributed by atoms with Crippen LogP contribution in [0.3, 0.4) is 0 Å². The predicted octanol–water partition coefficient (Wildman–Crippen LogP) is 5.09. The SMILES string of the molecule is c1cnc(-c2ccc(OCc3ccc4c(n3)NCCC4)cc2)c(NCc2ccncc2)c1. The highest BCUT2D eigenvalue weighted by Crippen LogP contribution is 2.28. The molecule has 1 aliphatic rings. The van der Waals surface area contributed by atoms with Crippen molar-refractivity contribution in [2.24, 2.45) is 0 Å². The van der Waals surface area contributed by atoms with Crippen molar-refractivity contribution in [1.29, 1.82) is 0 Å². The Balaban J connectivity index is 1.25. The van der Waals surface area contributed by atoms with Crippen LogP contribution in [0.5, 0.6) is 5.75 Å². The number of fused-ring (bicyclic) bond motifs is 1. The van der Waals surface area contributed by atoms with E-state index in [1.807, 2.05) is 54.7 Å². The van der Waals surface area contributed by atoms with E-state index in [-0.39, 0.29) is 0 Å². The van der Waals surface area contributed by atoms with Gasteiger partial charge in [0.15, 0.2) is 0 Å².